The van der Waals surface area contributed by atoms with Crippen LogP contribution in [0, 0.1) is 0 Å². The molecule has 5 nitrogen and oxygen atoms in total. The van der Waals surface area contributed by atoms with Crippen molar-refractivity contribution in [2.24, 2.45) is 0 Å². The summed E-state index contributed by atoms with van der Waals surface area (Å²) in [5.74, 6) is 1.61. The third-order valence-electron chi connectivity index (χ3n) is 2.32. The summed E-state index contributed by atoms with van der Waals surface area (Å²) in [6, 6.07) is 3.84. The normalized spacial score (nSPS) is 11.8. The Bertz CT molecular complexity index is 512. The second-order valence-corrected chi connectivity index (χ2v) is 5.94. The van der Waals surface area contributed by atoms with E-state index in [2.05, 4.69) is 57.1 Å². The maximum Gasteiger partial charge on any atom is 0.155 e. The number of aromatic nitrogens is 4. The predicted molar refractivity (Wildman–Crippen MR) is 73.4 cm³/mol. The van der Waals surface area contributed by atoms with Gasteiger partial charge >= 0.3 is 0 Å². The summed E-state index contributed by atoms with van der Waals surface area (Å²) in [5.41, 5.74) is 0.0456. The van der Waals surface area contributed by atoms with Crippen molar-refractivity contribution < 1.29 is 0 Å². The molecule has 2 aromatic heterocycles. The Balaban J connectivity index is 2.20. The van der Waals surface area contributed by atoms with Crippen molar-refractivity contribution in [3.05, 3.63) is 35.0 Å². The second kappa shape index (κ2) is 5.16. The molecule has 0 fully saturated rings. The first-order chi connectivity index (χ1) is 8.46. The molecule has 2 rings (SSSR count). The van der Waals surface area contributed by atoms with Crippen LogP contribution in [0.25, 0.3) is 5.82 Å². The summed E-state index contributed by atoms with van der Waals surface area (Å²) in [5, 5.41) is 7.59. The Morgan fingerprint density at radius 1 is 1.28 bits per heavy atom. The van der Waals surface area contributed by atoms with Crippen molar-refractivity contribution in [2.75, 3.05) is 0 Å². The Morgan fingerprint density at radius 2 is 2.06 bits per heavy atom. The number of nitrogens with zero attached hydrogens (tertiary/aromatic N) is 4. The fraction of sp³-hybridized carbons (Fsp3) is 0.417. The van der Waals surface area contributed by atoms with Gasteiger partial charge in [0, 0.05) is 16.2 Å². The Kier molecular flexibility index (Phi) is 3.77. The molecule has 0 unspecified atom stereocenters. The topological polar surface area (TPSA) is 55.6 Å². The van der Waals surface area contributed by atoms with Crippen molar-refractivity contribution in [1.82, 2.24) is 25.1 Å². The molecule has 0 saturated heterocycles. The molecule has 96 valence electrons. The van der Waals surface area contributed by atoms with E-state index in [0.717, 1.165) is 16.1 Å². The van der Waals surface area contributed by atoms with Crippen molar-refractivity contribution >= 4 is 15.9 Å². The first kappa shape index (κ1) is 13.2. The highest BCUT2D eigenvalue weighted by molar-refractivity contribution is 9.10. The van der Waals surface area contributed by atoms with Crippen molar-refractivity contribution in [1.29, 1.82) is 0 Å². The minimum Gasteiger partial charge on any atom is -0.305 e. The average Bonchev–Trinajstić information content (AvgIpc) is 2.75. The van der Waals surface area contributed by atoms with Gasteiger partial charge in [-0.3, -0.25) is 0 Å². The summed E-state index contributed by atoms with van der Waals surface area (Å²) < 4.78 is 2.69. The van der Waals surface area contributed by atoms with E-state index < -0.39 is 0 Å². The molecule has 0 atom stereocenters. The lowest BCUT2D eigenvalue weighted by atomic mass is 10.1. The molecule has 0 aromatic carbocycles. The average molecular weight is 310 g/mol. The molecule has 0 aliphatic heterocycles. The lowest BCUT2D eigenvalue weighted by molar-refractivity contribution is 0.415. The monoisotopic (exact) mass is 309 g/mol. The van der Waals surface area contributed by atoms with E-state index >= 15 is 0 Å². The van der Waals surface area contributed by atoms with E-state index in [0.29, 0.717) is 6.54 Å². The minimum absolute atomic E-state index is 0.0456. The SMILES string of the molecule is CC(C)(C)NCc1ncnn1-c1ccc(Br)cn1. The second-order valence-electron chi connectivity index (χ2n) is 5.03. The summed E-state index contributed by atoms with van der Waals surface area (Å²) in [6.07, 6.45) is 3.29. The summed E-state index contributed by atoms with van der Waals surface area (Å²) in [6.45, 7) is 7.00. The molecule has 1 N–H and O–H groups in total. The van der Waals surface area contributed by atoms with Crippen LogP contribution in [-0.2, 0) is 6.54 Å². The third kappa shape index (κ3) is 3.36. The smallest absolute Gasteiger partial charge is 0.155 e. The van der Waals surface area contributed by atoms with Crippen LogP contribution < -0.4 is 5.32 Å². The van der Waals surface area contributed by atoms with E-state index in [1.807, 2.05) is 12.1 Å². The minimum atomic E-state index is 0.0456. The third-order valence-corrected chi connectivity index (χ3v) is 2.79. The van der Waals surface area contributed by atoms with Crippen LogP contribution in [0.3, 0.4) is 0 Å². The highest BCUT2D eigenvalue weighted by Gasteiger charge is 2.12. The quantitative estimate of drug-likeness (QED) is 0.945. The lowest BCUT2D eigenvalue weighted by Crippen LogP contribution is -2.36. The van der Waals surface area contributed by atoms with Crippen molar-refractivity contribution in [3.63, 3.8) is 0 Å². The molecule has 0 bridgehead atoms. The first-order valence-corrected chi connectivity index (χ1v) is 6.51. The van der Waals surface area contributed by atoms with Crippen molar-refractivity contribution in [2.45, 2.75) is 32.9 Å². The zero-order valence-electron chi connectivity index (χ0n) is 10.7. The zero-order chi connectivity index (χ0) is 13.2. The molecule has 0 aliphatic rings. The lowest BCUT2D eigenvalue weighted by Gasteiger charge is -2.20. The zero-order valence-corrected chi connectivity index (χ0v) is 12.3. The van der Waals surface area contributed by atoms with Gasteiger partial charge in [-0.1, -0.05) is 0 Å². The molecule has 0 radical (unpaired) electrons. The van der Waals surface area contributed by atoms with Crippen LogP contribution in [-0.4, -0.2) is 25.3 Å². The van der Waals surface area contributed by atoms with Gasteiger partial charge < -0.3 is 5.32 Å². The van der Waals surface area contributed by atoms with E-state index in [9.17, 15) is 0 Å². The number of nitrogens with one attached hydrogen (secondary N) is 1. The summed E-state index contributed by atoms with van der Waals surface area (Å²) in [7, 11) is 0. The van der Waals surface area contributed by atoms with E-state index in [4.69, 9.17) is 0 Å². The molecule has 6 heteroatoms. The van der Waals surface area contributed by atoms with Gasteiger partial charge in [0.25, 0.3) is 0 Å². The molecule has 2 heterocycles. The number of halogens is 1. The largest absolute Gasteiger partial charge is 0.305 e. The molecular formula is C12H16BrN5. The molecule has 0 saturated carbocycles. The maximum atomic E-state index is 4.31. The summed E-state index contributed by atoms with van der Waals surface area (Å²) in [4.78, 5) is 8.57. The number of hydrogen-bond acceptors (Lipinski definition) is 4. The highest BCUT2D eigenvalue weighted by atomic mass is 79.9. The van der Waals surface area contributed by atoms with Crippen LogP contribution in [0.15, 0.2) is 29.1 Å². The van der Waals surface area contributed by atoms with Crippen LogP contribution in [0.2, 0.25) is 0 Å². The van der Waals surface area contributed by atoms with Crippen LogP contribution in [0.4, 0.5) is 0 Å². The van der Waals surface area contributed by atoms with Gasteiger partial charge in [-0.25, -0.2) is 9.97 Å². The van der Waals surface area contributed by atoms with Crippen LogP contribution in [0.5, 0.6) is 0 Å². The van der Waals surface area contributed by atoms with Gasteiger partial charge in [-0.2, -0.15) is 9.78 Å². The molecule has 0 spiro atoms. The molecule has 0 aliphatic carbocycles. The number of pyridine rings is 1. The van der Waals surface area contributed by atoms with Crippen LogP contribution in [0.1, 0.15) is 26.6 Å². The molecule has 2 aromatic rings. The predicted octanol–water partition coefficient (Wildman–Crippen LogP) is 2.31. The molecular weight excluding hydrogens is 294 g/mol. The fourth-order valence-corrected chi connectivity index (χ4v) is 1.65. The van der Waals surface area contributed by atoms with E-state index in [1.54, 1.807) is 17.2 Å². The van der Waals surface area contributed by atoms with Crippen molar-refractivity contribution in [3.8, 4) is 5.82 Å². The number of rotatable bonds is 3. The Hall–Kier alpha value is -1.27. The number of hydrogen-bond donors (Lipinski definition) is 1. The fourth-order valence-electron chi connectivity index (χ4n) is 1.41. The molecule has 0 amide bonds. The van der Waals surface area contributed by atoms with Gasteiger partial charge in [0.05, 0.1) is 6.54 Å². The van der Waals surface area contributed by atoms with Crippen LogP contribution >= 0.6 is 15.9 Å². The van der Waals surface area contributed by atoms with Gasteiger partial charge in [-0.15, -0.1) is 0 Å². The maximum absolute atomic E-state index is 4.31. The first-order valence-electron chi connectivity index (χ1n) is 5.71. The van der Waals surface area contributed by atoms with Gasteiger partial charge in [0.2, 0.25) is 0 Å². The Labute approximate surface area is 115 Å². The summed E-state index contributed by atoms with van der Waals surface area (Å²) >= 11 is 3.36. The van der Waals surface area contributed by atoms with E-state index in [1.165, 1.54) is 0 Å². The van der Waals surface area contributed by atoms with E-state index in [-0.39, 0.29) is 5.54 Å². The van der Waals surface area contributed by atoms with Gasteiger partial charge in [-0.05, 0) is 48.8 Å². The standard InChI is InChI=1S/C12H16BrN5/c1-12(2,3)16-7-11-15-8-17-18(11)10-5-4-9(13)6-14-10/h4-6,8,16H,7H2,1-3H3. The molecule has 18 heavy (non-hydrogen) atoms. The van der Waals surface area contributed by atoms with Gasteiger partial charge in [0.15, 0.2) is 5.82 Å². The highest BCUT2D eigenvalue weighted by Crippen LogP contribution is 2.11. The van der Waals surface area contributed by atoms with Gasteiger partial charge in [0.1, 0.15) is 12.2 Å². The Morgan fingerprint density at radius 3 is 2.67 bits per heavy atom.